The van der Waals surface area contributed by atoms with Gasteiger partial charge in [-0.05, 0) is 97.2 Å². The van der Waals surface area contributed by atoms with Gasteiger partial charge in [0, 0.05) is 11.1 Å². The number of hydrogen-bond acceptors (Lipinski definition) is 7. The second-order valence-electron chi connectivity index (χ2n) is 14.7. The van der Waals surface area contributed by atoms with Gasteiger partial charge in [-0.1, -0.05) is 58.9 Å². The number of benzene rings is 2. The predicted molar refractivity (Wildman–Crippen MR) is 174 cm³/mol. The first-order valence-electron chi connectivity index (χ1n) is 16.0. The first-order valence-corrected chi connectivity index (χ1v) is 16.0. The number of aromatic amines is 1. The summed E-state index contributed by atoms with van der Waals surface area (Å²) in [6, 6.07) is 15.1. The van der Waals surface area contributed by atoms with Crippen LogP contribution in [0.15, 0.2) is 53.5 Å². The van der Waals surface area contributed by atoms with Crippen LogP contribution in [0.4, 0.5) is 0 Å². The molecule has 1 fully saturated rings. The lowest BCUT2D eigenvalue weighted by atomic mass is 9.69. The Morgan fingerprint density at radius 1 is 1.04 bits per heavy atom. The number of nitrogens with zero attached hydrogens (tertiary/aromatic N) is 5. The largest absolute Gasteiger partial charge is 0.497 e. The Kier molecular flexibility index (Phi) is 9.14. The lowest BCUT2D eigenvalue weighted by molar-refractivity contribution is -0.134. The van der Waals surface area contributed by atoms with Crippen LogP contribution in [0.5, 0.6) is 5.75 Å². The summed E-state index contributed by atoms with van der Waals surface area (Å²) in [7, 11) is 1.64. The number of nitrogens with one attached hydrogen (secondary N) is 2. The van der Waals surface area contributed by atoms with Gasteiger partial charge in [-0.3, -0.25) is 14.6 Å². The maximum atomic E-state index is 14.6. The van der Waals surface area contributed by atoms with E-state index < -0.39 is 5.66 Å². The maximum Gasteiger partial charge on any atom is 0.275 e. The van der Waals surface area contributed by atoms with Crippen molar-refractivity contribution in [3.05, 3.63) is 71.0 Å². The van der Waals surface area contributed by atoms with E-state index in [2.05, 4.69) is 72.4 Å². The Morgan fingerprint density at radius 3 is 2.27 bits per heavy atom. The van der Waals surface area contributed by atoms with E-state index in [9.17, 15) is 9.59 Å². The molecule has 1 spiro atoms. The van der Waals surface area contributed by atoms with Crippen molar-refractivity contribution < 1.29 is 14.3 Å². The zero-order valence-electron chi connectivity index (χ0n) is 27.7. The number of H-pyrrole nitrogens is 1. The molecule has 2 aliphatic rings. The van der Waals surface area contributed by atoms with Crippen LogP contribution >= 0.6 is 0 Å². The van der Waals surface area contributed by atoms with Gasteiger partial charge < -0.3 is 15.0 Å². The second-order valence-corrected chi connectivity index (χ2v) is 14.7. The fraction of sp³-hybridized carbons (Fsp3) is 0.543. The van der Waals surface area contributed by atoms with Gasteiger partial charge in [0.05, 0.1) is 19.7 Å². The fourth-order valence-electron chi connectivity index (χ4n) is 6.67. The molecule has 10 heteroatoms. The topological polar surface area (TPSA) is 125 Å². The molecule has 1 atom stereocenters. The molecule has 2 amide bonds. The second kappa shape index (κ2) is 12.7. The summed E-state index contributed by atoms with van der Waals surface area (Å²) in [5, 5.41) is 16.5. The Balaban J connectivity index is 1.49. The number of tetrazole rings is 1. The van der Waals surface area contributed by atoms with Crippen LogP contribution in [0, 0.1) is 16.7 Å². The molecule has 1 aliphatic heterocycles. The first-order chi connectivity index (χ1) is 21.3. The van der Waals surface area contributed by atoms with Crippen LogP contribution < -0.4 is 10.1 Å². The molecule has 45 heavy (non-hydrogen) atoms. The van der Waals surface area contributed by atoms with E-state index in [1.165, 1.54) is 0 Å². The van der Waals surface area contributed by atoms with Crippen molar-refractivity contribution in [2.45, 2.75) is 98.3 Å². The van der Waals surface area contributed by atoms with E-state index in [1.807, 2.05) is 48.5 Å². The zero-order chi connectivity index (χ0) is 32.4. The Hall–Kier alpha value is -4.08. The third-order valence-electron chi connectivity index (χ3n) is 9.40. The zero-order valence-corrected chi connectivity index (χ0v) is 27.7. The minimum atomic E-state index is -0.614. The van der Waals surface area contributed by atoms with Gasteiger partial charge in [0.25, 0.3) is 11.8 Å². The van der Waals surface area contributed by atoms with Crippen molar-refractivity contribution in [2.24, 2.45) is 21.7 Å². The van der Waals surface area contributed by atoms with Crippen LogP contribution in [0.1, 0.15) is 113 Å². The van der Waals surface area contributed by atoms with Crippen LogP contribution in [0.3, 0.4) is 0 Å². The Bertz CT molecular complexity index is 1490. The molecule has 2 heterocycles. The van der Waals surface area contributed by atoms with Crippen molar-refractivity contribution in [3.63, 3.8) is 0 Å². The van der Waals surface area contributed by atoms with Gasteiger partial charge in [0.1, 0.15) is 17.1 Å². The van der Waals surface area contributed by atoms with Crippen molar-refractivity contribution in [3.8, 4) is 5.75 Å². The summed E-state index contributed by atoms with van der Waals surface area (Å²) in [6.07, 6.45) is 5.38. The maximum absolute atomic E-state index is 14.6. The molecule has 0 radical (unpaired) electrons. The Labute approximate surface area is 266 Å². The molecule has 10 nitrogen and oxygen atoms in total. The molecule has 0 unspecified atom stereocenters. The minimum absolute atomic E-state index is 0.0322. The predicted octanol–water partition coefficient (Wildman–Crippen LogP) is 6.27. The summed E-state index contributed by atoms with van der Waals surface area (Å²) in [6.45, 7) is 13.8. The summed E-state index contributed by atoms with van der Waals surface area (Å²) < 4.78 is 5.38. The highest BCUT2D eigenvalue weighted by atomic mass is 16.5. The van der Waals surface area contributed by atoms with Crippen molar-refractivity contribution in [1.29, 1.82) is 0 Å². The lowest BCUT2D eigenvalue weighted by Crippen LogP contribution is -2.51. The summed E-state index contributed by atoms with van der Waals surface area (Å²) >= 11 is 0. The third-order valence-corrected chi connectivity index (χ3v) is 9.40. The molecule has 5 rings (SSSR count). The molecule has 1 saturated carbocycles. The van der Waals surface area contributed by atoms with Crippen LogP contribution in [0.25, 0.3) is 0 Å². The third kappa shape index (κ3) is 7.26. The number of methoxy groups -OCH3 is 1. The molecule has 2 aromatic carbocycles. The summed E-state index contributed by atoms with van der Waals surface area (Å²) in [5.74, 6) is 1.46. The van der Waals surface area contributed by atoms with E-state index in [0.717, 1.165) is 55.4 Å². The van der Waals surface area contributed by atoms with Crippen molar-refractivity contribution >= 4 is 17.5 Å². The standard InChI is InChI=1S/C35H47N7O3/c1-33(2,3)19-18-28(23-8-10-25(11-9-23)31(43)36-22-29-38-40-41-39-29)42-32(44)30(24-12-14-27(45-7)15-13-24)37-35(42)20-16-26(17-21-35)34(4,5)6/h8-15,26,28H,16-22H2,1-7H3,(H,36,43)(H,38,39,40,41)/t26?,28-,35?/m1/s1. The molecule has 0 saturated heterocycles. The Morgan fingerprint density at radius 2 is 1.71 bits per heavy atom. The minimum Gasteiger partial charge on any atom is -0.497 e. The van der Waals surface area contributed by atoms with Gasteiger partial charge in [-0.15, -0.1) is 10.2 Å². The molecular formula is C35H47N7O3. The molecule has 1 aromatic heterocycles. The lowest BCUT2D eigenvalue weighted by Gasteiger charge is -2.47. The number of rotatable bonds is 9. The monoisotopic (exact) mass is 613 g/mol. The molecule has 1 aliphatic carbocycles. The van der Waals surface area contributed by atoms with E-state index in [-0.39, 0.29) is 35.2 Å². The van der Waals surface area contributed by atoms with Crippen molar-refractivity contribution in [1.82, 2.24) is 30.8 Å². The van der Waals surface area contributed by atoms with Gasteiger partial charge >= 0.3 is 0 Å². The highest BCUT2D eigenvalue weighted by molar-refractivity contribution is 6.46. The number of amides is 2. The molecule has 2 N–H and O–H groups in total. The number of hydrogen-bond donors (Lipinski definition) is 2. The average Bonchev–Trinajstić information content (AvgIpc) is 3.62. The van der Waals surface area contributed by atoms with Crippen LogP contribution in [0.2, 0.25) is 0 Å². The molecule has 3 aromatic rings. The number of ether oxygens (including phenoxy) is 1. The normalized spacial score (nSPS) is 21.1. The number of aromatic nitrogens is 4. The molecular weight excluding hydrogens is 566 g/mol. The van der Waals surface area contributed by atoms with E-state index in [4.69, 9.17) is 9.73 Å². The summed E-state index contributed by atoms with van der Waals surface area (Å²) in [4.78, 5) is 34.9. The smallest absolute Gasteiger partial charge is 0.275 e. The van der Waals surface area contributed by atoms with Gasteiger partial charge in [0.15, 0.2) is 5.82 Å². The quantitative estimate of drug-likeness (QED) is 0.293. The van der Waals surface area contributed by atoms with E-state index in [1.54, 1.807) is 7.11 Å². The fourth-order valence-corrected chi connectivity index (χ4v) is 6.67. The first kappa shape index (κ1) is 32.3. The van der Waals surface area contributed by atoms with Gasteiger partial charge in [-0.2, -0.15) is 5.21 Å². The van der Waals surface area contributed by atoms with Gasteiger partial charge in [-0.25, -0.2) is 0 Å². The number of carbonyl (C=O) groups excluding carboxylic acids is 2. The highest BCUT2D eigenvalue weighted by Crippen LogP contribution is 2.50. The van der Waals surface area contributed by atoms with E-state index >= 15 is 0 Å². The number of carbonyl (C=O) groups is 2. The van der Waals surface area contributed by atoms with Crippen LogP contribution in [-0.4, -0.2) is 55.8 Å². The average molecular weight is 614 g/mol. The van der Waals surface area contributed by atoms with Gasteiger partial charge in [0.2, 0.25) is 0 Å². The number of aliphatic imine (C=N–C) groups is 1. The molecule has 240 valence electrons. The summed E-state index contributed by atoms with van der Waals surface area (Å²) in [5.41, 5.74) is 2.52. The van der Waals surface area contributed by atoms with E-state index in [0.29, 0.717) is 23.0 Å². The van der Waals surface area contributed by atoms with Crippen LogP contribution in [-0.2, 0) is 11.3 Å². The molecule has 0 bridgehead atoms. The highest BCUT2D eigenvalue weighted by Gasteiger charge is 2.52. The SMILES string of the molecule is COc1ccc(C2=NC3(CCC(C(C)(C)C)CC3)N([C@H](CCC(C)(C)C)c3ccc(C(=O)NCc4nn[nH]n4)cc3)C2=O)cc1. The van der Waals surface area contributed by atoms with Crippen molar-refractivity contribution in [2.75, 3.05) is 7.11 Å².